The first-order valence-electron chi connectivity index (χ1n) is 12.3. The average molecular weight is 480 g/mol. The third kappa shape index (κ3) is 5.08. The number of methoxy groups -OCH3 is 1. The van der Waals surface area contributed by atoms with E-state index in [2.05, 4.69) is 21.7 Å². The Bertz CT molecular complexity index is 1320. The Hall–Kier alpha value is -4.19. The van der Waals surface area contributed by atoms with E-state index in [1.165, 1.54) is 5.56 Å². The molecule has 182 valence electrons. The fourth-order valence-electron chi connectivity index (χ4n) is 4.79. The molecule has 1 amide bonds. The van der Waals surface area contributed by atoms with Gasteiger partial charge >= 0.3 is 0 Å². The molecule has 0 unspecified atom stereocenters. The van der Waals surface area contributed by atoms with Crippen LogP contribution in [0.5, 0.6) is 5.75 Å². The van der Waals surface area contributed by atoms with Crippen molar-refractivity contribution < 1.29 is 14.3 Å². The van der Waals surface area contributed by atoms with Crippen molar-refractivity contribution in [1.82, 2.24) is 14.5 Å². The number of imidazole rings is 1. The van der Waals surface area contributed by atoms with E-state index < -0.39 is 0 Å². The van der Waals surface area contributed by atoms with Crippen molar-refractivity contribution in [2.75, 3.05) is 20.2 Å². The molecule has 1 aliphatic rings. The van der Waals surface area contributed by atoms with E-state index in [1.807, 2.05) is 47.6 Å². The number of ketones is 1. The molecular weight excluding hydrogens is 450 g/mol. The number of carbonyl (C=O) groups is 2. The van der Waals surface area contributed by atoms with Crippen LogP contribution in [0.3, 0.4) is 0 Å². The molecule has 5 rings (SSSR count). The zero-order valence-corrected chi connectivity index (χ0v) is 20.3. The van der Waals surface area contributed by atoms with Crippen LogP contribution >= 0.6 is 0 Å². The quantitative estimate of drug-likeness (QED) is 0.342. The highest BCUT2D eigenvalue weighted by atomic mass is 16.5. The van der Waals surface area contributed by atoms with Crippen LogP contribution in [0.4, 0.5) is 0 Å². The summed E-state index contributed by atoms with van der Waals surface area (Å²) in [6, 6.07) is 24.3. The first kappa shape index (κ1) is 23.5. The van der Waals surface area contributed by atoms with Crippen molar-refractivity contribution >= 4 is 11.7 Å². The molecule has 1 aromatic heterocycles. The molecule has 1 fully saturated rings. The molecule has 6 heteroatoms. The number of aromatic nitrogens is 2. The maximum atomic E-state index is 13.1. The summed E-state index contributed by atoms with van der Waals surface area (Å²) in [6.07, 6.45) is 5.62. The second kappa shape index (κ2) is 10.6. The van der Waals surface area contributed by atoms with E-state index >= 15 is 0 Å². The fraction of sp³-hybridized carbons (Fsp3) is 0.233. The monoisotopic (exact) mass is 479 g/mol. The number of carbonyl (C=O) groups excluding carboxylic acids is 2. The van der Waals surface area contributed by atoms with Crippen LogP contribution < -0.4 is 4.74 Å². The number of benzene rings is 3. The summed E-state index contributed by atoms with van der Waals surface area (Å²) in [6.45, 7) is 2.12. The van der Waals surface area contributed by atoms with Crippen molar-refractivity contribution in [3.63, 3.8) is 0 Å². The predicted octanol–water partition coefficient (Wildman–Crippen LogP) is 5.19. The van der Waals surface area contributed by atoms with E-state index in [9.17, 15) is 9.59 Å². The lowest BCUT2D eigenvalue weighted by molar-refractivity contribution is 0.0710. The average Bonchev–Trinajstić information content (AvgIpc) is 3.41. The molecule has 2 heterocycles. The second-order valence-electron chi connectivity index (χ2n) is 9.10. The summed E-state index contributed by atoms with van der Waals surface area (Å²) in [4.78, 5) is 32.3. The predicted molar refractivity (Wildman–Crippen MR) is 139 cm³/mol. The lowest BCUT2D eigenvalue weighted by atomic mass is 9.95. The van der Waals surface area contributed by atoms with E-state index in [4.69, 9.17) is 4.74 Å². The molecule has 36 heavy (non-hydrogen) atoms. The minimum Gasteiger partial charge on any atom is -0.497 e. The largest absolute Gasteiger partial charge is 0.497 e. The number of amides is 1. The Labute approximate surface area is 211 Å². The van der Waals surface area contributed by atoms with Crippen molar-refractivity contribution in [3.8, 4) is 5.75 Å². The Morgan fingerprint density at radius 1 is 0.861 bits per heavy atom. The van der Waals surface area contributed by atoms with Gasteiger partial charge in [0.1, 0.15) is 11.6 Å². The number of nitrogens with zero attached hydrogens (tertiary/aromatic N) is 3. The van der Waals surface area contributed by atoms with Crippen LogP contribution in [0.2, 0.25) is 0 Å². The zero-order chi connectivity index (χ0) is 24.9. The number of piperidine rings is 1. The third-order valence-electron chi connectivity index (χ3n) is 6.84. The van der Waals surface area contributed by atoms with Gasteiger partial charge in [0.05, 0.1) is 7.11 Å². The standard InChI is InChI=1S/C30H29N3O3/c1-36-27-13-7-22(8-14-27)21-33-20-17-31-29(33)25-15-18-32(19-16-25)30(35)26-11-9-24(10-12-26)28(34)23-5-3-2-4-6-23/h2-14,17,20,25H,15-16,18-19,21H2,1H3. The van der Waals surface area contributed by atoms with Crippen molar-refractivity contribution in [3.05, 3.63) is 119 Å². The van der Waals surface area contributed by atoms with Gasteiger partial charge in [0.2, 0.25) is 0 Å². The van der Waals surface area contributed by atoms with Gasteiger partial charge in [0.25, 0.3) is 5.91 Å². The summed E-state index contributed by atoms with van der Waals surface area (Å²) < 4.78 is 7.45. The van der Waals surface area contributed by atoms with Crippen molar-refractivity contribution in [1.29, 1.82) is 0 Å². The van der Waals surface area contributed by atoms with E-state index in [0.29, 0.717) is 35.7 Å². The summed E-state index contributed by atoms with van der Waals surface area (Å²) >= 11 is 0. The number of hydrogen-bond donors (Lipinski definition) is 0. The minimum atomic E-state index is -0.0412. The highest BCUT2D eigenvalue weighted by Crippen LogP contribution is 2.28. The van der Waals surface area contributed by atoms with Crippen molar-refractivity contribution in [2.45, 2.75) is 25.3 Å². The maximum Gasteiger partial charge on any atom is 0.253 e. The number of hydrogen-bond acceptors (Lipinski definition) is 4. The molecule has 0 N–H and O–H groups in total. The molecular formula is C30H29N3O3. The van der Waals surface area contributed by atoms with Crippen molar-refractivity contribution in [2.24, 2.45) is 0 Å². The molecule has 0 aliphatic carbocycles. The second-order valence-corrected chi connectivity index (χ2v) is 9.10. The number of likely N-dealkylation sites (tertiary alicyclic amines) is 1. The van der Waals surface area contributed by atoms with Crippen LogP contribution in [0.25, 0.3) is 0 Å². The molecule has 0 bridgehead atoms. The van der Waals surface area contributed by atoms with E-state index in [-0.39, 0.29) is 11.7 Å². The smallest absolute Gasteiger partial charge is 0.253 e. The van der Waals surface area contributed by atoms with Gasteiger partial charge < -0.3 is 14.2 Å². The van der Waals surface area contributed by atoms with Gasteiger partial charge in [-0.25, -0.2) is 4.98 Å². The van der Waals surface area contributed by atoms with Crippen LogP contribution in [0.1, 0.15) is 56.4 Å². The summed E-state index contributed by atoms with van der Waals surface area (Å²) in [5.74, 6) is 2.20. The molecule has 3 aromatic carbocycles. The Balaban J connectivity index is 1.19. The lowest BCUT2D eigenvalue weighted by Crippen LogP contribution is -2.38. The molecule has 0 radical (unpaired) electrons. The molecule has 1 saturated heterocycles. The maximum absolute atomic E-state index is 13.1. The molecule has 1 aliphatic heterocycles. The molecule has 0 spiro atoms. The van der Waals surface area contributed by atoms with Gasteiger partial charge in [-0.3, -0.25) is 9.59 Å². The Morgan fingerprint density at radius 2 is 1.50 bits per heavy atom. The zero-order valence-electron chi connectivity index (χ0n) is 20.3. The first-order chi connectivity index (χ1) is 17.6. The van der Waals surface area contributed by atoms with Crippen LogP contribution in [0, 0.1) is 0 Å². The van der Waals surface area contributed by atoms with Gasteiger partial charge in [-0.1, -0.05) is 54.6 Å². The van der Waals surface area contributed by atoms with Crippen LogP contribution in [-0.2, 0) is 6.54 Å². The van der Waals surface area contributed by atoms with E-state index in [1.54, 1.807) is 43.5 Å². The van der Waals surface area contributed by atoms with Gasteiger partial charge in [0.15, 0.2) is 5.78 Å². The fourth-order valence-corrected chi connectivity index (χ4v) is 4.79. The highest BCUT2D eigenvalue weighted by molar-refractivity contribution is 6.09. The minimum absolute atomic E-state index is 0.00809. The topological polar surface area (TPSA) is 64.4 Å². The van der Waals surface area contributed by atoms with Gasteiger partial charge in [-0.2, -0.15) is 0 Å². The summed E-state index contributed by atoms with van der Waals surface area (Å²) in [5.41, 5.74) is 3.03. The highest BCUT2D eigenvalue weighted by Gasteiger charge is 2.27. The molecule has 0 saturated carbocycles. The Kier molecular flexibility index (Phi) is 6.94. The van der Waals surface area contributed by atoms with E-state index in [0.717, 1.165) is 31.0 Å². The number of rotatable bonds is 7. The summed E-state index contributed by atoms with van der Waals surface area (Å²) in [7, 11) is 1.67. The third-order valence-corrected chi connectivity index (χ3v) is 6.84. The van der Waals surface area contributed by atoms with Crippen LogP contribution in [-0.4, -0.2) is 46.3 Å². The molecule has 0 atom stereocenters. The molecule has 4 aromatic rings. The first-order valence-corrected chi connectivity index (χ1v) is 12.3. The normalized spacial score (nSPS) is 14.0. The Morgan fingerprint density at radius 3 is 2.17 bits per heavy atom. The number of ether oxygens (including phenoxy) is 1. The lowest BCUT2D eigenvalue weighted by Gasteiger charge is -2.32. The van der Waals surface area contributed by atoms with Gasteiger partial charge in [0, 0.05) is 54.6 Å². The van der Waals surface area contributed by atoms with Gasteiger partial charge in [-0.05, 0) is 42.7 Å². The summed E-state index contributed by atoms with van der Waals surface area (Å²) in [5, 5.41) is 0. The SMILES string of the molecule is COc1ccc(Cn2ccnc2C2CCN(C(=O)c3ccc(C(=O)c4ccccc4)cc3)CC2)cc1. The van der Waals surface area contributed by atoms with Gasteiger partial charge in [-0.15, -0.1) is 0 Å². The molecule has 6 nitrogen and oxygen atoms in total. The van der Waals surface area contributed by atoms with Crippen LogP contribution in [0.15, 0.2) is 91.3 Å².